The Morgan fingerprint density at radius 2 is 1.96 bits per heavy atom. The summed E-state index contributed by atoms with van der Waals surface area (Å²) in [6.45, 7) is 1.18. The summed E-state index contributed by atoms with van der Waals surface area (Å²) < 4.78 is 28.4. The molecule has 2 fully saturated rings. The number of nitrogens with one attached hydrogen (secondary N) is 2. The van der Waals surface area contributed by atoms with E-state index in [1.807, 2.05) is 4.90 Å². The second-order valence-corrected chi connectivity index (χ2v) is 8.82. The lowest BCUT2D eigenvalue weighted by atomic mass is 10.1. The molecule has 0 aromatic carbocycles. The van der Waals surface area contributed by atoms with Crippen molar-refractivity contribution in [3.63, 3.8) is 0 Å². The molecular weight excluding hydrogens is 350 g/mol. The Labute approximate surface area is 148 Å². The summed E-state index contributed by atoms with van der Waals surface area (Å²) in [7, 11) is -1.57. The summed E-state index contributed by atoms with van der Waals surface area (Å²) in [5.41, 5.74) is 0.640. The lowest BCUT2D eigenvalue weighted by Crippen LogP contribution is -2.48. The number of rotatable bonds is 5. The van der Waals surface area contributed by atoms with E-state index in [4.69, 9.17) is 11.6 Å². The zero-order valence-electron chi connectivity index (χ0n) is 13.8. The number of anilines is 2. The van der Waals surface area contributed by atoms with E-state index in [0.29, 0.717) is 29.6 Å². The number of hydrogen-bond acceptors (Lipinski definition) is 6. The molecule has 7 nitrogen and oxygen atoms in total. The van der Waals surface area contributed by atoms with Gasteiger partial charge in [-0.25, -0.2) is 23.1 Å². The van der Waals surface area contributed by atoms with E-state index in [2.05, 4.69) is 20.0 Å². The van der Waals surface area contributed by atoms with Gasteiger partial charge in [-0.05, 0) is 25.7 Å². The minimum absolute atomic E-state index is 0.103. The fourth-order valence-electron chi connectivity index (χ4n) is 3.57. The Morgan fingerprint density at radius 3 is 2.67 bits per heavy atom. The first-order valence-electron chi connectivity index (χ1n) is 8.45. The van der Waals surface area contributed by atoms with Gasteiger partial charge in [0.1, 0.15) is 12.0 Å². The zero-order chi connectivity index (χ0) is 17.2. The van der Waals surface area contributed by atoms with Crippen LogP contribution in [0.3, 0.4) is 0 Å². The van der Waals surface area contributed by atoms with E-state index in [9.17, 15) is 8.42 Å². The Bertz CT molecular complexity index is 678. The van der Waals surface area contributed by atoms with Gasteiger partial charge in [-0.1, -0.05) is 24.4 Å². The van der Waals surface area contributed by atoms with Gasteiger partial charge in [-0.2, -0.15) is 0 Å². The SMILES string of the molecule is CNc1c(Cl)ncnc1N1CCCC(S(=O)(=O)NC2CCCC2)C1. The van der Waals surface area contributed by atoms with Crippen LogP contribution in [0.4, 0.5) is 11.5 Å². The fourth-order valence-corrected chi connectivity index (χ4v) is 5.53. The van der Waals surface area contributed by atoms with Gasteiger partial charge in [0, 0.05) is 26.2 Å². The first kappa shape index (κ1) is 17.7. The number of nitrogens with zero attached hydrogens (tertiary/aromatic N) is 3. The summed E-state index contributed by atoms with van der Waals surface area (Å²) in [6.07, 6.45) is 6.99. The lowest BCUT2D eigenvalue weighted by Gasteiger charge is -2.34. The molecule has 24 heavy (non-hydrogen) atoms. The van der Waals surface area contributed by atoms with Gasteiger partial charge in [0.15, 0.2) is 11.0 Å². The molecule has 2 heterocycles. The van der Waals surface area contributed by atoms with Crippen molar-refractivity contribution in [2.75, 3.05) is 30.4 Å². The monoisotopic (exact) mass is 373 g/mol. The third-order valence-electron chi connectivity index (χ3n) is 4.83. The number of piperidine rings is 1. The molecule has 1 saturated carbocycles. The standard InChI is InChI=1S/C15H24ClN5O2S/c1-17-13-14(16)18-10-19-15(13)21-8-4-7-12(9-21)24(22,23)20-11-5-2-3-6-11/h10-12,17,20H,2-9H2,1H3. The minimum Gasteiger partial charge on any atom is -0.383 e. The summed E-state index contributed by atoms with van der Waals surface area (Å²) in [6, 6.07) is 0.103. The predicted octanol–water partition coefficient (Wildman–Crippen LogP) is 2.00. The average molecular weight is 374 g/mol. The number of hydrogen-bond donors (Lipinski definition) is 2. The van der Waals surface area contributed by atoms with E-state index < -0.39 is 15.3 Å². The topological polar surface area (TPSA) is 87.2 Å². The van der Waals surface area contributed by atoms with E-state index in [1.165, 1.54) is 6.33 Å². The third kappa shape index (κ3) is 3.75. The zero-order valence-corrected chi connectivity index (χ0v) is 15.4. The van der Waals surface area contributed by atoms with Crippen molar-refractivity contribution < 1.29 is 8.42 Å². The normalized spacial score (nSPS) is 22.8. The van der Waals surface area contributed by atoms with E-state index in [0.717, 1.165) is 38.6 Å². The van der Waals surface area contributed by atoms with E-state index >= 15 is 0 Å². The predicted molar refractivity (Wildman–Crippen MR) is 96.1 cm³/mol. The molecule has 3 rings (SSSR count). The van der Waals surface area contributed by atoms with Crippen molar-refractivity contribution >= 4 is 33.1 Å². The first-order chi connectivity index (χ1) is 11.5. The van der Waals surface area contributed by atoms with Gasteiger partial charge in [-0.3, -0.25) is 0 Å². The molecule has 1 aromatic rings. The van der Waals surface area contributed by atoms with Crippen LogP contribution in [0.15, 0.2) is 6.33 Å². The molecule has 1 atom stereocenters. The van der Waals surface area contributed by atoms with Crippen LogP contribution < -0.4 is 14.9 Å². The van der Waals surface area contributed by atoms with Crippen LogP contribution in [0, 0.1) is 0 Å². The molecule has 134 valence electrons. The highest BCUT2D eigenvalue weighted by molar-refractivity contribution is 7.90. The minimum atomic E-state index is -3.33. The van der Waals surface area contributed by atoms with Crippen molar-refractivity contribution in [3.05, 3.63) is 11.5 Å². The van der Waals surface area contributed by atoms with Gasteiger partial charge in [0.05, 0.1) is 5.25 Å². The van der Waals surface area contributed by atoms with Crippen LogP contribution >= 0.6 is 11.6 Å². The van der Waals surface area contributed by atoms with Gasteiger partial charge < -0.3 is 10.2 Å². The second kappa shape index (κ2) is 7.41. The van der Waals surface area contributed by atoms with E-state index in [-0.39, 0.29) is 6.04 Å². The maximum absolute atomic E-state index is 12.7. The smallest absolute Gasteiger partial charge is 0.216 e. The van der Waals surface area contributed by atoms with Crippen LogP contribution in [0.2, 0.25) is 5.15 Å². The van der Waals surface area contributed by atoms with Crippen molar-refractivity contribution in [1.29, 1.82) is 0 Å². The third-order valence-corrected chi connectivity index (χ3v) is 7.04. The Morgan fingerprint density at radius 1 is 1.21 bits per heavy atom. The maximum atomic E-state index is 12.7. The maximum Gasteiger partial charge on any atom is 0.216 e. The lowest BCUT2D eigenvalue weighted by molar-refractivity contribution is 0.505. The van der Waals surface area contributed by atoms with Gasteiger partial charge in [-0.15, -0.1) is 0 Å². The summed E-state index contributed by atoms with van der Waals surface area (Å²) in [5, 5.41) is 2.93. The quantitative estimate of drug-likeness (QED) is 0.767. The van der Waals surface area contributed by atoms with Crippen molar-refractivity contribution in [3.8, 4) is 0 Å². The molecule has 2 aliphatic rings. The van der Waals surface area contributed by atoms with Crippen molar-refractivity contribution in [1.82, 2.24) is 14.7 Å². The molecule has 9 heteroatoms. The second-order valence-electron chi connectivity index (χ2n) is 6.47. The highest BCUT2D eigenvalue weighted by Gasteiger charge is 2.34. The summed E-state index contributed by atoms with van der Waals surface area (Å²) >= 11 is 6.12. The molecule has 2 N–H and O–H groups in total. The van der Waals surface area contributed by atoms with Gasteiger partial charge >= 0.3 is 0 Å². The van der Waals surface area contributed by atoms with Crippen LogP contribution in [0.5, 0.6) is 0 Å². The highest BCUT2D eigenvalue weighted by Crippen LogP contribution is 2.31. The number of aromatic nitrogens is 2. The fraction of sp³-hybridized carbons (Fsp3) is 0.733. The van der Waals surface area contributed by atoms with Crippen LogP contribution in [-0.2, 0) is 10.0 Å². The van der Waals surface area contributed by atoms with Gasteiger partial charge in [0.25, 0.3) is 0 Å². The van der Waals surface area contributed by atoms with Crippen LogP contribution in [-0.4, -0.2) is 49.8 Å². The number of sulfonamides is 1. The molecule has 1 aromatic heterocycles. The Hall–Kier alpha value is -1.12. The summed E-state index contributed by atoms with van der Waals surface area (Å²) in [4.78, 5) is 10.3. The molecule has 1 unspecified atom stereocenters. The molecule has 1 aliphatic carbocycles. The molecule has 0 bridgehead atoms. The number of halogens is 1. The summed E-state index contributed by atoms with van der Waals surface area (Å²) in [5.74, 6) is 0.665. The molecule has 1 aliphatic heterocycles. The van der Waals surface area contributed by atoms with E-state index in [1.54, 1.807) is 7.05 Å². The average Bonchev–Trinajstić information content (AvgIpc) is 3.07. The Kier molecular flexibility index (Phi) is 5.46. The largest absolute Gasteiger partial charge is 0.383 e. The van der Waals surface area contributed by atoms with Crippen molar-refractivity contribution in [2.45, 2.75) is 49.8 Å². The molecule has 0 spiro atoms. The highest BCUT2D eigenvalue weighted by atomic mass is 35.5. The first-order valence-corrected chi connectivity index (χ1v) is 10.4. The Balaban J connectivity index is 1.75. The molecular formula is C15H24ClN5O2S. The molecule has 0 amide bonds. The van der Waals surface area contributed by atoms with Gasteiger partial charge in [0.2, 0.25) is 10.0 Å². The van der Waals surface area contributed by atoms with Crippen LogP contribution in [0.1, 0.15) is 38.5 Å². The molecule has 1 saturated heterocycles. The van der Waals surface area contributed by atoms with Crippen molar-refractivity contribution in [2.24, 2.45) is 0 Å². The van der Waals surface area contributed by atoms with Crippen LogP contribution in [0.25, 0.3) is 0 Å². The molecule has 0 radical (unpaired) electrons.